The minimum atomic E-state index is 0.185. The van der Waals surface area contributed by atoms with E-state index in [1.54, 1.807) is 22.3 Å². The maximum atomic E-state index is 2.53. The van der Waals surface area contributed by atoms with E-state index in [0.29, 0.717) is 0 Å². The predicted molar refractivity (Wildman–Crippen MR) is 140 cm³/mol. The number of aryl methyl sites for hydroxylation is 2. The highest BCUT2D eigenvalue weighted by Gasteiger charge is 2.44. The first kappa shape index (κ1) is 17.9. The zero-order chi connectivity index (χ0) is 21.6. The van der Waals surface area contributed by atoms with Crippen LogP contribution in [0.3, 0.4) is 0 Å². The van der Waals surface area contributed by atoms with Crippen LogP contribution < -0.4 is 0 Å². The largest absolute Gasteiger partial charge is 0.0616 e. The smallest absolute Gasteiger partial charge is 0.0215 e. The predicted octanol–water partition coefficient (Wildman–Crippen LogP) is 8.48. The molecule has 0 heterocycles. The molecule has 0 saturated heterocycles. The molecule has 0 amide bonds. The van der Waals surface area contributed by atoms with Gasteiger partial charge in [0.15, 0.2) is 0 Å². The van der Waals surface area contributed by atoms with E-state index < -0.39 is 0 Å². The average molecular weight is 421 g/mol. The molecule has 6 aromatic rings. The molecule has 2 aliphatic carbocycles. The molecule has 0 bridgehead atoms. The van der Waals surface area contributed by atoms with Gasteiger partial charge < -0.3 is 0 Å². The Hall–Kier alpha value is -3.64. The van der Waals surface area contributed by atoms with Crippen LogP contribution in [0.25, 0.3) is 43.1 Å². The number of benzene rings is 6. The molecule has 0 fully saturated rings. The summed E-state index contributed by atoms with van der Waals surface area (Å²) in [6.45, 7) is 0. The van der Waals surface area contributed by atoms with Gasteiger partial charge in [0.05, 0.1) is 0 Å². The van der Waals surface area contributed by atoms with E-state index in [9.17, 15) is 0 Å². The van der Waals surface area contributed by atoms with E-state index in [-0.39, 0.29) is 5.41 Å². The Labute approximate surface area is 193 Å². The Morgan fingerprint density at radius 3 is 1.15 bits per heavy atom. The van der Waals surface area contributed by atoms with Crippen LogP contribution in [-0.4, -0.2) is 0 Å². The van der Waals surface area contributed by atoms with Gasteiger partial charge in [-0.15, -0.1) is 0 Å². The van der Waals surface area contributed by atoms with Crippen LogP contribution in [-0.2, 0) is 18.3 Å². The summed E-state index contributed by atoms with van der Waals surface area (Å²) >= 11 is 0. The van der Waals surface area contributed by atoms with Crippen LogP contribution in [0.4, 0.5) is 0 Å². The molecule has 2 aliphatic rings. The van der Waals surface area contributed by atoms with E-state index in [0.717, 1.165) is 0 Å². The zero-order valence-corrected chi connectivity index (χ0v) is 18.6. The number of fused-ring (bicyclic) bond motifs is 8. The van der Waals surface area contributed by atoms with Gasteiger partial charge in [0.1, 0.15) is 0 Å². The molecule has 6 aromatic carbocycles. The highest BCUT2D eigenvalue weighted by Crippen LogP contribution is 2.53. The van der Waals surface area contributed by atoms with Crippen molar-refractivity contribution in [3.05, 3.63) is 119 Å². The summed E-state index contributed by atoms with van der Waals surface area (Å²) < 4.78 is 0. The van der Waals surface area contributed by atoms with Gasteiger partial charge in [-0.25, -0.2) is 0 Å². The molecule has 1 spiro atoms. The van der Waals surface area contributed by atoms with Crippen molar-refractivity contribution in [2.75, 3.05) is 0 Å². The number of hydrogen-bond acceptors (Lipinski definition) is 0. The number of hydrogen-bond donors (Lipinski definition) is 0. The Morgan fingerprint density at radius 2 is 0.758 bits per heavy atom. The van der Waals surface area contributed by atoms with Gasteiger partial charge in [-0.2, -0.15) is 0 Å². The van der Waals surface area contributed by atoms with Gasteiger partial charge in [0, 0.05) is 5.41 Å². The molecule has 33 heavy (non-hydrogen) atoms. The molecule has 0 aliphatic heterocycles. The molecular formula is C33H24. The maximum absolute atomic E-state index is 2.53. The summed E-state index contributed by atoms with van der Waals surface area (Å²) in [7, 11) is 0. The molecule has 0 heteroatoms. The molecule has 0 unspecified atom stereocenters. The van der Waals surface area contributed by atoms with Crippen LogP contribution in [0.15, 0.2) is 97.1 Å². The quantitative estimate of drug-likeness (QED) is 0.216. The van der Waals surface area contributed by atoms with Crippen LogP contribution >= 0.6 is 0 Å². The molecule has 0 saturated carbocycles. The van der Waals surface area contributed by atoms with Crippen molar-refractivity contribution in [1.82, 2.24) is 0 Å². The fraction of sp³-hybridized carbons (Fsp3) is 0.152. The van der Waals surface area contributed by atoms with Crippen molar-refractivity contribution < 1.29 is 0 Å². The van der Waals surface area contributed by atoms with E-state index in [1.165, 1.54) is 68.8 Å². The molecule has 0 aromatic heterocycles. The highest BCUT2D eigenvalue weighted by atomic mass is 14.5. The van der Waals surface area contributed by atoms with Crippen molar-refractivity contribution in [3.63, 3.8) is 0 Å². The van der Waals surface area contributed by atoms with Crippen molar-refractivity contribution >= 4 is 43.1 Å². The Bertz CT molecular complexity index is 1640. The van der Waals surface area contributed by atoms with Crippen molar-refractivity contribution in [2.45, 2.75) is 31.1 Å². The van der Waals surface area contributed by atoms with Crippen molar-refractivity contribution in [3.8, 4) is 0 Å². The summed E-state index contributed by atoms with van der Waals surface area (Å²) in [5.74, 6) is 0. The van der Waals surface area contributed by atoms with Crippen molar-refractivity contribution in [2.24, 2.45) is 0 Å². The molecule has 0 nitrogen and oxygen atoms in total. The molecular weight excluding hydrogens is 396 g/mol. The van der Waals surface area contributed by atoms with Crippen LogP contribution in [0.1, 0.15) is 35.1 Å². The molecule has 156 valence electrons. The van der Waals surface area contributed by atoms with Gasteiger partial charge in [-0.1, -0.05) is 60.7 Å². The van der Waals surface area contributed by atoms with Gasteiger partial charge in [-0.05, 0) is 127 Å². The lowest BCUT2D eigenvalue weighted by atomic mass is 9.75. The monoisotopic (exact) mass is 420 g/mol. The minimum Gasteiger partial charge on any atom is -0.0616 e. The summed E-state index contributed by atoms with van der Waals surface area (Å²) in [5.41, 5.74) is 6.48. The Kier molecular flexibility index (Phi) is 3.37. The van der Waals surface area contributed by atoms with E-state index in [4.69, 9.17) is 0 Å². The Balaban J connectivity index is 1.36. The zero-order valence-electron chi connectivity index (χ0n) is 18.6. The third-order valence-electron chi connectivity index (χ3n) is 8.53. The summed E-state index contributed by atoms with van der Waals surface area (Å²) in [6, 6.07) is 37.0. The van der Waals surface area contributed by atoms with Crippen LogP contribution in [0.2, 0.25) is 0 Å². The van der Waals surface area contributed by atoms with Gasteiger partial charge in [0.2, 0.25) is 0 Å². The van der Waals surface area contributed by atoms with Gasteiger partial charge in [0.25, 0.3) is 0 Å². The lowest BCUT2D eigenvalue weighted by Crippen LogP contribution is -2.21. The van der Waals surface area contributed by atoms with Gasteiger partial charge >= 0.3 is 0 Å². The summed E-state index contributed by atoms with van der Waals surface area (Å²) in [5, 5.41) is 10.9. The lowest BCUT2D eigenvalue weighted by Gasteiger charge is -2.27. The fourth-order valence-corrected chi connectivity index (χ4v) is 6.89. The highest BCUT2D eigenvalue weighted by molar-refractivity contribution is 6.00. The third-order valence-corrected chi connectivity index (χ3v) is 8.53. The molecule has 8 rings (SSSR count). The van der Waals surface area contributed by atoms with E-state index >= 15 is 0 Å². The summed E-state index contributed by atoms with van der Waals surface area (Å²) in [4.78, 5) is 0. The second kappa shape index (κ2) is 6.23. The first-order valence-corrected chi connectivity index (χ1v) is 12.2. The van der Waals surface area contributed by atoms with E-state index in [1.807, 2.05) is 0 Å². The van der Waals surface area contributed by atoms with E-state index in [2.05, 4.69) is 97.1 Å². The normalized spacial score (nSPS) is 16.2. The second-order valence-corrected chi connectivity index (χ2v) is 10.2. The first-order chi connectivity index (χ1) is 16.3. The van der Waals surface area contributed by atoms with Crippen LogP contribution in [0, 0.1) is 0 Å². The third kappa shape index (κ3) is 2.41. The summed E-state index contributed by atoms with van der Waals surface area (Å²) in [6.07, 6.45) is 4.86. The molecule has 0 atom stereocenters. The van der Waals surface area contributed by atoms with Crippen LogP contribution in [0.5, 0.6) is 0 Å². The minimum absolute atomic E-state index is 0.185. The average Bonchev–Trinajstić information content (AvgIpc) is 3.39. The SMILES string of the molecule is c1ccc2cc3cc4c(cc3cc2c1)CCC41CCc2cc3cc4ccccc4cc3cc21. The Morgan fingerprint density at radius 1 is 0.394 bits per heavy atom. The second-order valence-electron chi connectivity index (χ2n) is 10.2. The lowest BCUT2D eigenvalue weighted by molar-refractivity contribution is 0.508. The molecule has 0 N–H and O–H groups in total. The fourth-order valence-electron chi connectivity index (χ4n) is 6.89. The van der Waals surface area contributed by atoms with Gasteiger partial charge in [-0.3, -0.25) is 0 Å². The van der Waals surface area contributed by atoms with Crippen molar-refractivity contribution in [1.29, 1.82) is 0 Å². The first-order valence-electron chi connectivity index (χ1n) is 12.2. The topological polar surface area (TPSA) is 0 Å². The maximum Gasteiger partial charge on any atom is 0.0215 e. The molecule has 0 radical (unpaired) electrons. The standard InChI is InChI=1S/C33H24/c1-3-7-23-15-29-19-31-25(17-27(29)13-21(23)5-1)9-11-33(31)12-10-26-18-28-14-22-6-2-4-8-24(22)16-30(28)20-32(26)33/h1-8,13-20H,9-12H2. The number of rotatable bonds is 0.